The molecule has 0 bridgehead atoms. The Morgan fingerprint density at radius 2 is 1.43 bits per heavy atom. The molecule has 0 aliphatic rings. The molecule has 1 unspecified atom stereocenters. The fourth-order valence-electron chi connectivity index (χ4n) is 3.70. The first kappa shape index (κ1) is 28.1. The van der Waals surface area contributed by atoms with Crippen LogP contribution in [0.4, 0.5) is 0 Å². The van der Waals surface area contributed by atoms with Crippen molar-refractivity contribution in [2.75, 3.05) is 19.6 Å². The van der Waals surface area contributed by atoms with Gasteiger partial charge < -0.3 is 15.5 Å². The first-order chi connectivity index (χ1) is 16.7. The smallest absolute Gasteiger partial charge is 0.254 e. The fourth-order valence-corrected chi connectivity index (χ4v) is 3.70. The van der Waals surface area contributed by atoms with Crippen LogP contribution < -0.4 is 10.6 Å². The summed E-state index contributed by atoms with van der Waals surface area (Å²) in [6.07, 6.45) is 1.88. The van der Waals surface area contributed by atoms with Gasteiger partial charge >= 0.3 is 0 Å². The van der Waals surface area contributed by atoms with E-state index in [0.29, 0.717) is 30.5 Å². The van der Waals surface area contributed by atoms with Gasteiger partial charge in [0, 0.05) is 31.6 Å². The number of nitrogens with zero attached hydrogens (tertiary/aromatic N) is 1. The summed E-state index contributed by atoms with van der Waals surface area (Å²) in [5.41, 5.74) is 2.37. The minimum atomic E-state index is -0.784. The third kappa shape index (κ3) is 9.55. The molecule has 0 radical (unpaired) electrons. The summed E-state index contributed by atoms with van der Waals surface area (Å²) in [5, 5.41) is 5.79. The minimum absolute atomic E-state index is 0.0883. The molecule has 190 valence electrons. The van der Waals surface area contributed by atoms with Crippen LogP contribution in [0.2, 0.25) is 0 Å². The van der Waals surface area contributed by atoms with Gasteiger partial charge in [0.2, 0.25) is 11.8 Å². The Balaban J connectivity index is 2.21. The molecule has 2 aromatic carbocycles. The van der Waals surface area contributed by atoms with Crippen LogP contribution in [-0.2, 0) is 9.59 Å². The van der Waals surface area contributed by atoms with E-state index in [0.717, 1.165) is 24.0 Å². The van der Waals surface area contributed by atoms with Gasteiger partial charge in [-0.25, -0.2) is 0 Å². The molecule has 3 amide bonds. The summed E-state index contributed by atoms with van der Waals surface area (Å²) in [5.74, 6) is 0.341. The lowest BCUT2D eigenvalue weighted by Crippen LogP contribution is -2.45. The van der Waals surface area contributed by atoms with Crippen LogP contribution in [0.25, 0.3) is 0 Å². The van der Waals surface area contributed by atoms with Crippen molar-refractivity contribution in [1.29, 1.82) is 0 Å². The van der Waals surface area contributed by atoms with Crippen LogP contribution in [0.15, 0.2) is 54.6 Å². The van der Waals surface area contributed by atoms with Gasteiger partial charge in [-0.3, -0.25) is 14.4 Å². The van der Waals surface area contributed by atoms with Gasteiger partial charge in [0.05, 0.1) is 0 Å². The average molecular weight is 480 g/mol. The number of carbonyl (C=O) groups is 3. The van der Waals surface area contributed by atoms with E-state index >= 15 is 0 Å². The van der Waals surface area contributed by atoms with Gasteiger partial charge in [0.1, 0.15) is 6.04 Å². The molecule has 0 fully saturated rings. The molecule has 0 aromatic heterocycles. The Bertz CT molecular complexity index is 939. The zero-order chi connectivity index (χ0) is 25.8. The fraction of sp³-hybridized carbons (Fsp3) is 0.483. The molecule has 0 saturated heterocycles. The predicted molar refractivity (Wildman–Crippen MR) is 141 cm³/mol. The molecular weight excluding hydrogens is 438 g/mol. The van der Waals surface area contributed by atoms with Crippen molar-refractivity contribution in [1.82, 2.24) is 15.5 Å². The van der Waals surface area contributed by atoms with Gasteiger partial charge in [-0.05, 0) is 49.3 Å². The Hall–Kier alpha value is -3.15. The Morgan fingerprint density at radius 3 is 2.03 bits per heavy atom. The van der Waals surface area contributed by atoms with E-state index < -0.39 is 6.04 Å². The summed E-state index contributed by atoms with van der Waals surface area (Å²) in [4.78, 5) is 40.9. The van der Waals surface area contributed by atoms with Crippen LogP contribution in [0.1, 0.15) is 74.5 Å². The van der Waals surface area contributed by atoms with Gasteiger partial charge in [-0.2, -0.15) is 0 Å². The molecule has 2 rings (SSSR count). The summed E-state index contributed by atoms with van der Waals surface area (Å²) in [7, 11) is 0. The molecule has 1 atom stereocenters. The lowest BCUT2D eigenvalue weighted by atomic mass is 10.0. The van der Waals surface area contributed by atoms with Gasteiger partial charge in [-0.1, -0.05) is 75.7 Å². The highest BCUT2D eigenvalue weighted by molar-refractivity contribution is 5.98. The second-order valence-corrected chi connectivity index (χ2v) is 9.93. The van der Waals surface area contributed by atoms with Gasteiger partial charge in [0.25, 0.3) is 5.91 Å². The van der Waals surface area contributed by atoms with Crippen molar-refractivity contribution in [2.45, 2.75) is 59.9 Å². The first-order valence-corrected chi connectivity index (χ1v) is 12.7. The molecule has 2 N–H and O–H groups in total. The molecule has 0 saturated carbocycles. The molecule has 0 heterocycles. The third-order valence-electron chi connectivity index (χ3n) is 5.88. The monoisotopic (exact) mass is 479 g/mol. The van der Waals surface area contributed by atoms with Crippen molar-refractivity contribution in [2.24, 2.45) is 11.8 Å². The van der Waals surface area contributed by atoms with E-state index in [2.05, 4.69) is 38.3 Å². The van der Waals surface area contributed by atoms with Crippen LogP contribution in [0.5, 0.6) is 0 Å². The second kappa shape index (κ2) is 14.3. The maximum Gasteiger partial charge on any atom is 0.254 e. The summed E-state index contributed by atoms with van der Waals surface area (Å²) in [6.45, 7) is 11.7. The van der Waals surface area contributed by atoms with E-state index in [1.54, 1.807) is 4.90 Å². The Labute approximate surface area is 210 Å². The first-order valence-electron chi connectivity index (χ1n) is 12.7. The molecule has 6 heteroatoms. The highest BCUT2D eigenvalue weighted by Crippen LogP contribution is 2.25. The number of carbonyl (C=O) groups excluding carboxylic acids is 3. The Kier molecular flexibility index (Phi) is 11.5. The number of benzene rings is 2. The molecule has 2 aromatic rings. The van der Waals surface area contributed by atoms with Crippen LogP contribution in [-0.4, -0.2) is 42.3 Å². The Morgan fingerprint density at radius 1 is 0.800 bits per heavy atom. The third-order valence-corrected chi connectivity index (χ3v) is 5.88. The van der Waals surface area contributed by atoms with Crippen molar-refractivity contribution >= 4 is 17.7 Å². The number of nitrogens with one attached hydrogen (secondary N) is 2. The summed E-state index contributed by atoms with van der Waals surface area (Å²) < 4.78 is 0. The van der Waals surface area contributed by atoms with Crippen molar-refractivity contribution in [3.8, 4) is 0 Å². The minimum Gasteiger partial charge on any atom is -0.356 e. The predicted octanol–water partition coefficient (Wildman–Crippen LogP) is 4.89. The standard InChI is InChI=1S/C29H41N3O3/c1-21(2)15-18-30-26(33)16-19-31-28(34)27(24-9-7-6-8-10-24)32(20-17-22(3)4)29(35)25-13-11-23(5)12-14-25/h6-14,21-22,27H,15-20H2,1-5H3,(H,30,33)(H,31,34). The largest absolute Gasteiger partial charge is 0.356 e. The van der Waals surface area contributed by atoms with Crippen LogP contribution >= 0.6 is 0 Å². The second-order valence-electron chi connectivity index (χ2n) is 9.93. The topological polar surface area (TPSA) is 78.5 Å². The van der Waals surface area contributed by atoms with E-state index in [-0.39, 0.29) is 30.7 Å². The average Bonchev–Trinajstić information content (AvgIpc) is 2.82. The lowest BCUT2D eigenvalue weighted by molar-refractivity contribution is -0.126. The number of aryl methyl sites for hydroxylation is 1. The number of hydrogen-bond acceptors (Lipinski definition) is 3. The zero-order valence-corrected chi connectivity index (χ0v) is 21.8. The molecule has 6 nitrogen and oxygen atoms in total. The lowest BCUT2D eigenvalue weighted by Gasteiger charge is -2.32. The van der Waals surface area contributed by atoms with E-state index in [1.807, 2.05) is 61.5 Å². The SMILES string of the molecule is Cc1ccc(C(=O)N(CCC(C)C)C(C(=O)NCCC(=O)NCCC(C)C)c2ccccc2)cc1. The highest BCUT2D eigenvalue weighted by Gasteiger charge is 2.31. The van der Waals surface area contributed by atoms with Crippen LogP contribution in [0, 0.1) is 18.8 Å². The van der Waals surface area contributed by atoms with Crippen LogP contribution in [0.3, 0.4) is 0 Å². The highest BCUT2D eigenvalue weighted by atomic mass is 16.2. The van der Waals surface area contributed by atoms with Crippen molar-refractivity contribution < 1.29 is 14.4 Å². The van der Waals surface area contributed by atoms with Crippen molar-refractivity contribution in [3.63, 3.8) is 0 Å². The molecular formula is C29H41N3O3. The maximum absolute atomic E-state index is 13.6. The number of amides is 3. The van der Waals surface area contributed by atoms with Crippen molar-refractivity contribution in [3.05, 3.63) is 71.3 Å². The van der Waals surface area contributed by atoms with E-state index in [1.165, 1.54) is 0 Å². The molecule has 35 heavy (non-hydrogen) atoms. The summed E-state index contributed by atoms with van der Waals surface area (Å²) >= 11 is 0. The molecule has 0 aliphatic heterocycles. The van der Waals surface area contributed by atoms with Gasteiger partial charge in [-0.15, -0.1) is 0 Å². The van der Waals surface area contributed by atoms with Gasteiger partial charge in [0.15, 0.2) is 0 Å². The molecule has 0 spiro atoms. The maximum atomic E-state index is 13.6. The number of rotatable bonds is 13. The number of hydrogen-bond donors (Lipinski definition) is 2. The van der Waals surface area contributed by atoms with E-state index in [4.69, 9.17) is 0 Å². The van der Waals surface area contributed by atoms with E-state index in [9.17, 15) is 14.4 Å². The normalized spacial score (nSPS) is 11.9. The molecule has 0 aliphatic carbocycles. The summed E-state index contributed by atoms with van der Waals surface area (Å²) in [6, 6.07) is 16.0. The quantitative estimate of drug-likeness (QED) is 0.429. The zero-order valence-electron chi connectivity index (χ0n) is 21.8.